The van der Waals surface area contributed by atoms with E-state index in [4.69, 9.17) is 9.47 Å². The van der Waals surface area contributed by atoms with Crippen molar-refractivity contribution in [2.24, 2.45) is 5.41 Å². The lowest BCUT2D eigenvalue weighted by Gasteiger charge is -2.26. The molecule has 1 aliphatic heterocycles. The van der Waals surface area contributed by atoms with Crippen molar-refractivity contribution in [2.75, 3.05) is 26.2 Å². The first-order chi connectivity index (χ1) is 13.1. The Kier molecular flexibility index (Phi) is 7.27. The first-order valence-electron chi connectivity index (χ1n) is 9.74. The average Bonchev–Trinajstić information content (AvgIpc) is 3.02. The zero-order valence-corrected chi connectivity index (χ0v) is 17.2. The number of unbranched alkanes of at least 4 members (excludes halogenated alkanes) is 1. The molecule has 0 aliphatic carbocycles. The summed E-state index contributed by atoms with van der Waals surface area (Å²) in [6, 6.07) is 5.90. The van der Waals surface area contributed by atoms with Crippen molar-refractivity contribution < 1.29 is 23.5 Å². The van der Waals surface area contributed by atoms with Gasteiger partial charge in [-0.1, -0.05) is 0 Å². The van der Waals surface area contributed by atoms with Gasteiger partial charge < -0.3 is 19.7 Å². The van der Waals surface area contributed by atoms with Crippen LogP contribution in [0.25, 0.3) is 0 Å². The maximum atomic E-state index is 12.8. The highest BCUT2D eigenvalue weighted by atomic mass is 19.1. The van der Waals surface area contributed by atoms with Gasteiger partial charge in [0.2, 0.25) is 5.91 Å². The topological polar surface area (TPSA) is 67.9 Å². The summed E-state index contributed by atoms with van der Waals surface area (Å²) in [5, 5.41) is 2.96. The van der Waals surface area contributed by atoms with Gasteiger partial charge >= 0.3 is 6.09 Å². The minimum atomic E-state index is -0.596. The van der Waals surface area contributed by atoms with Crippen molar-refractivity contribution in [1.29, 1.82) is 0 Å². The third-order valence-electron chi connectivity index (χ3n) is 4.61. The molecule has 156 valence electrons. The highest BCUT2D eigenvalue weighted by molar-refractivity contribution is 5.84. The second-order valence-corrected chi connectivity index (χ2v) is 8.48. The Bertz CT molecular complexity index is 672. The summed E-state index contributed by atoms with van der Waals surface area (Å²) in [4.78, 5) is 26.3. The van der Waals surface area contributed by atoms with Gasteiger partial charge in [-0.3, -0.25) is 4.79 Å². The molecule has 0 unspecified atom stereocenters. The Labute approximate surface area is 166 Å². The molecular formula is C21H31FN2O4. The Balaban J connectivity index is 1.65. The first-order valence-corrected chi connectivity index (χ1v) is 9.74. The number of benzene rings is 1. The van der Waals surface area contributed by atoms with Gasteiger partial charge in [0.05, 0.1) is 12.0 Å². The van der Waals surface area contributed by atoms with Crippen LogP contribution in [-0.2, 0) is 9.53 Å². The standard InChI is InChI=1S/C21H31FN2O4/c1-20(2,3)28-19(26)24-13-11-21(4,15-24)18(25)23-12-5-6-14-27-17-9-7-16(22)8-10-17/h7-10H,5-6,11-15H2,1-4H3,(H,23,25)/t21-/m0/s1. The minimum absolute atomic E-state index is 0.0435. The molecule has 2 amide bonds. The number of hydrogen-bond acceptors (Lipinski definition) is 4. The molecule has 1 aliphatic rings. The fourth-order valence-electron chi connectivity index (χ4n) is 2.99. The fourth-order valence-corrected chi connectivity index (χ4v) is 2.99. The molecule has 1 heterocycles. The number of nitrogens with zero attached hydrogens (tertiary/aromatic N) is 1. The second kappa shape index (κ2) is 9.26. The summed E-state index contributed by atoms with van der Waals surface area (Å²) in [6.45, 7) is 9.29. The molecule has 0 saturated carbocycles. The molecule has 1 aromatic rings. The molecule has 7 heteroatoms. The summed E-state index contributed by atoms with van der Waals surface area (Å²) in [5.41, 5.74) is -1.14. The van der Waals surface area contributed by atoms with Gasteiger partial charge in [0.15, 0.2) is 0 Å². The van der Waals surface area contributed by atoms with Crippen molar-refractivity contribution >= 4 is 12.0 Å². The number of carbonyl (C=O) groups excluding carboxylic acids is 2. The maximum absolute atomic E-state index is 12.8. The SMILES string of the molecule is CC(C)(C)OC(=O)N1CC[C@](C)(C(=O)NCCCCOc2ccc(F)cc2)C1. The van der Waals surface area contributed by atoms with Crippen molar-refractivity contribution in [1.82, 2.24) is 10.2 Å². The summed E-state index contributed by atoms with van der Waals surface area (Å²) in [6.07, 6.45) is 1.80. The van der Waals surface area contributed by atoms with Gasteiger partial charge in [0.1, 0.15) is 17.2 Å². The van der Waals surface area contributed by atoms with Gasteiger partial charge in [0.25, 0.3) is 0 Å². The van der Waals surface area contributed by atoms with E-state index in [2.05, 4.69) is 5.32 Å². The van der Waals surface area contributed by atoms with E-state index in [1.165, 1.54) is 12.1 Å². The lowest BCUT2D eigenvalue weighted by Crippen LogP contribution is -2.43. The van der Waals surface area contributed by atoms with Gasteiger partial charge in [-0.15, -0.1) is 0 Å². The number of amides is 2. The zero-order chi connectivity index (χ0) is 20.8. The normalized spacial score (nSPS) is 19.4. The predicted molar refractivity (Wildman–Crippen MR) is 105 cm³/mol. The Morgan fingerprint density at radius 2 is 1.89 bits per heavy atom. The van der Waals surface area contributed by atoms with Crippen molar-refractivity contribution in [3.8, 4) is 5.75 Å². The molecule has 1 saturated heterocycles. The van der Waals surface area contributed by atoms with Gasteiger partial charge in [-0.05, 0) is 71.2 Å². The molecular weight excluding hydrogens is 363 g/mol. The summed E-state index contributed by atoms with van der Waals surface area (Å²) in [7, 11) is 0. The number of halogens is 1. The molecule has 1 atom stereocenters. The van der Waals surface area contributed by atoms with Crippen LogP contribution in [-0.4, -0.2) is 48.7 Å². The third kappa shape index (κ3) is 6.69. The fraction of sp³-hybridized carbons (Fsp3) is 0.619. The largest absolute Gasteiger partial charge is 0.494 e. The number of carbonyl (C=O) groups is 2. The van der Waals surface area contributed by atoms with Crippen LogP contribution in [0.4, 0.5) is 9.18 Å². The highest BCUT2D eigenvalue weighted by Crippen LogP contribution is 2.31. The molecule has 0 bridgehead atoms. The van der Waals surface area contributed by atoms with E-state index >= 15 is 0 Å². The lowest BCUT2D eigenvalue weighted by atomic mass is 9.89. The second-order valence-electron chi connectivity index (χ2n) is 8.48. The van der Waals surface area contributed by atoms with E-state index in [-0.39, 0.29) is 17.8 Å². The van der Waals surface area contributed by atoms with Crippen molar-refractivity contribution in [3.05, 3.63) is 30.1 Å². The number of rotatable bonds is 7. The van der Waals surface area contributed by atoms with Crippen LogP contribution in [0.2, 0.25) is 0 Å². The number of hydrogen-bond donors (Lipinski definition) is 1. The van der Waals surface area contributed by atoms with Crippen LogP contribution < -0.4 is 10.1 Å². The van der Waals surface area contributed by atoms with E-state index in [0.717, 1.165) is 12.8 Å². The summed E-state index contributed by atoms with van der Waals surface area (Å²) in [5.74, 6) is 0.296. The maximum Gasteiger partial charge on any atom is 0.410 e. The zero-order valence-electron chi connectivity index (χ0n) is 17.2. The van der Waals surface area contributed by atoms with E-state index in [0.29, 0.717) is 38.4 Å². The van der Waals surface area contributed by atoms with Crippen LogP contribution in [0.15, 0.2) is 24.3 Å². The molecule has 6 nitrogen and oxygen atoms in total. The van der Waals surface area contributed by atoms with Crippen LogP contribution in [0.5, 0.6) is 5.75 Å². The number of ether oxygens (including phenoxy) is 2. The van der Waals surface area contributed by atoms with Crippen molar-refractivity contribution in [2.45, 2.75) is 52.6 Å². The average molecular weight is 394 g/mol. The molecule has 1 fully saturated rings. The predicted octanol–water partition coefficient (Wildman–Crippen LogP) is 3.75. The highest BCUT2D eigenvalue weighted by Gasteiger charge is 2.42. The van der Waals surface area contributed by atoms with Crippen LogP contribution in [0.3, 0.4) is 0 Å². The van der Waals surface area contributed by atoms with Crippen LogP contribution >= 0.6 is 0 Å². The summed E-state index contributed by atoms with van der Waals surface area (Å²) < 4.78 is 23.7. The molecule has 28 heavy (non-hydrogen) atoms. The summed E-state index contributed by atoms with van der Waals surface area (Å²) >= 11 is 0. The van der Waals surface area contributed by atoms with Crippen molar-refractivity contribution in [3.63, 3.8) is 0 Å². The van der Waals surface area contributed by atoms with Crippen LogP contribution in [0, 0.1) is 11.2 Å². The Morgan fingerprint density at radius 1 is 1.21 bits per heavy atom. The quantitative estimate of drug-likeness (QED) is 0.715. The minimum Gasteiger partial charge on any atom is -0.494 e. The van der Waals surface area contributed by atoms with E-state index in [1.54, 1.807) is 17.0 Å². The molecule has 0 aromatic heterocycles. The van der Waals surface area contributed by atoms with E-state index in [9.17, 15) is 14.0 Å². The van der Waals surface area contributed by atoms with Gasteiger partial charge in [0, 0.05) is 19.6 Å². The Hall–Kier alpha value is -2.31. The smallest absolute Gasteiger partial charge is 0.410 e. The van der Waals surface area contributed by atoms with Crippen LogP contribution in [0.1, 0.15) is 47.0 Å². The van der Waals surface area contributed by atoms with Gasteiger partial charge in [-0.2, -0.15) is 0 Å². The number of likely N-dealkylation sites (tertiary alicyclic amines) is 1. The third-order valence-corrected chi connectivity index (χ3v) is 4.61. The van der Waals surface area contributed by atoms with E-state index in [1.807, 2.05) is 27.7 Å². The molecule has 0 radical (unpaired) electrons. The van der Waals surface area contributed by atoms with Gasteiger partial charge in [-0.25, -0.2) is 9.18 Å². The lowest BCUT2D eigenvalue weighted by molar-refractivity contribution is -0.129. The molecule has 2 rings (SSSR count). The Morgan fingerprint density at radius 3 is 2.54 bits per heavy atom. The first kappa shape index (κ1) is 22.0. The van der Waals surface area contributed by atoms with E-state index < -0.39 is 11.0 Å². The molecule has 0 spiro atoms. The monoisotopic (exact) mass is 394 g/mol. The molecule has 1 N–H and O–H groups in total. The number of nitrogens with one attached hydrogen (secondary N) is 1. The molecule has 1 aromatic carbocycles.